The van der Waals surface area contributed by atoms with E-state index < -0.39 is 18.5 Å². The molecule has 0 atom stereocenters. The highest BCUT2D eigenvalue weighted by Gasteiger charge is 2.15. The van der Waals surface area contributed by atoms with Crippen LogP contribution >= 0.6 is 11.3 Å². The number of esters is 1. The van der Waals surface area contributed by atoms with Crippen molar-refractivity contribution < 1.29 is 14.3 Å². The van der Waals surface area contributed by atoms with Crippen LogP contribution in [0.25, 0.3) is 10.2 Å². The van der Waals surface area contributed by atoms with E-state index in [1.165, 1.54) is 22.2 Å². The summed E-state index contributed by atoms with van der Waals surface area (Å²) in [5.41, 5.74) is 3.26. The van der Waals surface area contributed by atoms with Crippen LogP contribution in [-0.4, -0.2) is 28.0 Å². The van der Waals surface area contributed by atoms with Gasteiger partial charge in [0.2, 0.25) is 0 Å². The van der Waals surface area contributed by atoms with Crippen molar-refractivity contribution in [2.45, 2.75) is 34.2 Å². The van der Waals surface area contributed by atoms with Crippen molar-refractivity contribution in [1.82, 2.24) is 9.55 Å². The van der Waals surface area contributed by atoms with Crippen LogP contribution in [0.5, 0.6) is 0 Å². The molecule has 3 aromatic rings. The fraction of sp³-hybridized carbons (Fsp3) is 0.300. The van der Waals surface area contributed by atoms with Gasteiger partial charge in [0.15, 0.2) is 6.61 Å². The monoisotopic (exact) mass is 399 g/mol. The molecule has 0 aliphatic rings. The number of anilines is 1. The third kappa shape index (κ3) is 3.96. The zero-order valence-electron chi connectivity index (χ0n) is 16.2. The van der Waals surface area contributed by atoms with Gasteiger partial charge < -0.3 is 10.1 Å². The highest BCUT2D eigenvalue weighted by atomic mass is 32.1. The van der Waals surface area contributed by atoms with E-state index in [0.717, 1.165) is 21.6 Å². The van der Waals surface area contributed by atoms with Crippen LogP contribution in [0.3, 0.4) is 0 Å². The Morgan fingerprint density at radius 3 is 2.68 bits per heavy atom. The maximum atomic E-state index is 12.6. The summed E-state index contributed by atoms with van der Waals surface area (Å²) < 4.78 is 6.22. The van der Waals surface area contributed by atoms with Crippen LogP contribution < -0.4 is 10.9 Å². The third-order valence-electron chi connectivity index (χ3n) is 4.70. The molecule has 0 unspecified atom stereocenters. The molecule has 0 fully saturated rings. The van der Waals surface area contributed by atoms with Gasteiger partial charge in [0.25, 0.3) is 11.5 Å². The Balaban J connectivity index is 1.63. The first-order chi connectivity index (χ1) is 13.3. The van der Waals surface area contributed by atoms with Crippen LogP contribution in [0.4, 0.5) is 5.69 Å². The number of carbonyl (C=O) groups excluding carboxylic acids is 2. The number of fused-ring (bicyclic) bond motifs is 1. The number of benzene rings is 1. The van der Waals surface area contributed by atoms with Crippen molar-refractivity contribution >= 4 is 39.1 Å². The van der Waals surface area contributed by atoms with Crippen molar-refractivity contribution in [3.05, 3.63) is 56.4 Å². The number of carbonyl (C=O) groups is 2. The van der Waals surface area contributed by atoms with E-state index in [0.29, 0.717) is 15.9 Å². The van der Waals surface area contributed by atoms with Gasteiger partial charge in [0.05, 0.1) is 11.7 Å². The molecule has 0 aliphatic carbocycles. The molecule has 8 heteroatoms. The molecule has 7 nitrogen and oxygen atoms in total. The van der Waals surface area contributed by atoms with Gasteiger partial charge in [-0.1, -0.05) is 12.1 Å². The molecule has 3 rings (SSSR count). The Bertz CT molecular complexity index is 1130. The first-order valence-electron chi connectivity index (χ1n) is 8.74. The van der Waals surface area contributed by atoms with Crippen LogP contribution in [0.2, 0.25) is 0 Å². The molecule has 1 N–H and O–H groups in total. The third-order valence-corrected chi connectivity index (χ3v) is 5.81. The minimum absolute atomic E-state index is 0.288. The Kier molecular flexibility index (Phi) is 5.60. The summed E-state index contributed by atoms with van der Waals surface area (Å²) in [6.45, 7) is 6.91. The normalized spacial score (nSPS) is 10.9. The van der Waals surface area contributed by atoms with Crippen molar-refractivity contribution in [3.8, 4) is 0 Å². The number of nitrogens with one attached hydrogen (secondary N) is 1. The summed E-state index contributed by atoms with van der Waals surface area (Å²) in [6, 6.07) is 5.58. The number of thiophene rings is 1. The van der Waals surface area contributed by atoms with Crippen molar-refractivity contribution in [3.63, 3.8) is 0 Å². The smallest absolute Gasteiger partial charge is 0.326 e. The summed E-state index contributed by atoms with van der Waals surface area (Å²) in [4.78, 5) is 42.6. The predicted molar refractivity (Wildman–Crippen MR) is 109 cm³/mol. The van der Waals surface area contributed by atoms with Gasteiger partial charge in [-0.3, -0.25) is 19.0 Å². The molecular formula is C20H21N3O4S. The van der Waals surface area contributed by atoms with Gasteiger partial charge in [0.1, 0.15) is 11.4 Å². The van der Waals surface area contributed by atoms with Crippen molar-refractivity contribution in [1.29, 1.82) is 0 Å². The lowest BCUT2D eigenvalue weighted by atomic mass is 10.1. The van der Waals surface area contributed by atoms with Crippen LogP contribution in [0.15, 0.2) is 29.3 Å². The minimum Gasteiger partial charge on any atom is -0.454 e. The van der Waals surface area contributed by atoms with E-state index in [2.05, 4.69) is 10.3 Å². The molecule has 0 saturated carbocycles. The lowest BCUT2D eigenvalue weighted by Gasteiger charge is -2.11. The van der Waals surface area contributed by atoms with Crippen LogP contribution in [-0.2, 0) is 20.9 Å². The Morgan fingerprint density at radius 2 is 1.93 bits per heavy atom. The summed E-state index contributed by atoms with van der Waals surface area (Å²) in [5.74, 6) is -1.11. The molecule has 0 spiro atoms. The van der Waals surface area contributed by atoms with Crippen molar-refractivity contribution in [2.24, 2.45) is 0 Å². The number of aromatic nitrogens is 2. The Labute approximate surface area is 166 Å². The lowest BCUT2D eigenvalue weighted by molar-refractivity contribution is -0.147. The number of amides is 1. The molecule has 0 saturated heterocycles. The second-order valence-corrected chi connectivity index (χ2v) is 7.80. The van der Waals surface area contributed by atoms with Gasteiger partial charge in [-0.2, -0.15) is 0 Å². The number of hydrogen-bond acceptors (Lipinski definition) is 6. The molecule has 1 aromatic carbocycles. The van der Waals surface area contributed by atoms with E-state index >= 15 is 0 Å². The average Bonchev–Trinajstić information content (AvgIpc) is 2.94. The standard InChI is InChI=1S/C20H21N3O4S/c1-11-6-5-7-15(12(11)2)22-16(24)9-27-17(25)8-23-10-21-19-18(20(23)26)13(3)14(4)28-19/h5-7,10H,8-9H2,1-4H3,(H,22,24). The van der Waals surface area contributed by atoms with E-state index in [1.54, 1.807) is 6.07 Å². The summed E-state index contributed by atoms with van der Waals surface area (Å²) in [5, 5.41) is 3.24. The zero-order valence-corrected chi connectivity index (χ0v) is 17.0. The van der Waals surface area contributed by atoms with Gasteiger partial charge in [-0.05, 0) is 50.5 Å². The van der Waals surface area contributed by atoms with Gasteiger partial charge >= 0.3 is 5.97 Å². The second kappa shape index (κ2) is 7.93. The number of ether oxygens (including phenoxy) is 1. The molecule has 0 bridgehead atoms. The first kappa shape index (κ1) is 19.8. The second-order valence-electron chi connectivity index (χ2n) is 6.60. The number of hydrogen-bond donors (Lipinski definition) is 1. The molecule has 146 valence electrons. The summed E-state index contributed by atoms with van der Waals surface area (Å²) in [7, 11) is 0. The highest BCUT2D eigenvalue weighted by Crippen LogP contribution is 2.25. The minimum atomic E-state index is -0.677. The van der Waals surface area contributed by atoms with Gasteiger partial charge in [0, 0.05) is 10.6 Å². The number of aryl methyl sites for hydroxylation is 3. The van der Waals surface area contributed by atoms with Gasteiger partial charge in [-0.15, -0.1) is 11.3 Å². The molecule has 2 heterocycles. The molecular weight excluding hydrogens is 378 g/mol. The van der Waals surface area contributed by atoms with E-state index in [1.807, 2.05) is 39.8 Å². The topological polar surface area (TPSA) is 90.3 Å². The molecule has 0 radical (unpaired) electrons. The zero-order chi connectivity index (χ0) is 20.4. The summed E-state index contributed by atoms with van der Waals surface area (Å²) in [6.07, 6.45) is 1.33. The fourth-order valence-electron chi connectivity index (χ4n) is 2.79. The predicted octanol–water partition coefficient (Wildman–Crippen LogP) is 2.87. The average molecular weight is 399 g/mol. The molecule has 28 heavy (non-hydrogen) atoms. The summed E-state index contributed by atoms with van der Waals surface area (Å²) >= 11 is 1.44. The van der Waals surface area contributed by atoms with E-state index in [9.17, 15) is 14.4 Å². The SMILES string of the molecule is Cc1cccc(NC(=O)COC(=O)Cn2cnc3sc(C)c(C)c3c2=O)c1C. The van der Waals surface area contributed by atoms with E-state index in [4.69, 9.17) is 4.74 Å². The number of rotatable bonds is 5. The van der Waals surface area contributed by atoms with Gasteiger partial charge in [-0.25, -0.2) is 4.98 Å². The lowest BCUT2D eigenvalue weighted by Crippen LogP contribution is -2.28. The molecule has 2 aromatic heterocycles. The number of nitrogens with zero attached hydrogens (tertiary/aromatic N) is 2. The van der Waals surface area contributed by atoms with E-state index in [-0.39, 0.29) is 12.1 Å². The fourth-order valence-corrected chi connectivity index (χ4v) is 3.77. The largest absolute Gasteiger partial charge is 0.454 e. The van der Waals surface area contributed by atoms with Crippen LogP contribution in [0.1, 0.15) is 21.6 Å². The molecule has 0 aliphatic heterocycles. The Morgan fingerprint density at radius 1 is 1.18 bits per heavy atom. The highest BCUT2D eigenvalue weighted by molar-refractivity contribution is 7.18. The Hall–Kier alpha value is -3.00. The first-order valence-corrected chi connectivity index (χ1v) is 9.56. The maximum absolute atomic E-state index is 12.6. The quantitative estimate of drug-likeness (QED) is 0.666. The van der Waals surface area contributed by atoms with Crippen LogP contribution in [0, 0.1) is 27.7 Å². The van der Waals surface area contributed by atoms with Crippen molar-refractivity contribution in [2.75, 3.05) is 11.9 Å². The maximum Gasteiger partial charge on any atom is 0.326 e. The molecule has 1 amide bonds.